The molecule has 2 atom stereocenters. The van der Waals surface area contributed by atoms with Crippen LogP contribution in [0.15, 0.2) is 18.3 Å². The van der Waals surface area contributed by atoms with Crippen molar-refractivity contribution in [3.05, 3.63) is 24.1 Å². The molecule has 0 bridgehead atoms. The topological polar surface area (TPSA) is 50.9 Å². The van der Waals surface area contributed by atoms with Gasteiger partial charge < -0.3 is 11.1 Å². The predicted molar refractivity (Wildman–Crippen MR) is 58.0 cm³/mol. The Morgan fingerprint density at radius 1 is 1.53 bits per heavy atom. The molecule has 2 unspecified atom stereocenters. The number of hydrogen-bond donors (Lipinski definition) is 2. The molecule has 0 radical (unpaired) electrons. The van der Waals surface area contributed by atoms with Gasteiger partial charge in [-0.2, -0.15) is 0 Å². The number of nitrogens with two attached hydrogens (primary N) is 1. The van der Waals surface area contributed by atoms with Crippen LogP contribution >= 0.6 is 0 Å². The van der Waals surface area contributed by atoms with E-state index in [-0.39, 0.29) is 17.3 Å². The van der Waals surface area contributed by atoms with Crippen molar-refractivity contribution in [3.8, 4) is 0 Å². The van der Waals surface area contributed by atoms with Crippen LogP contribution in [0.1, 0.15) is 20.3 Å². The third-order valence-electron chi connectivity index (χ3n) is 3.39. The molecule has 1 aliphatic carbocycles. The molecule has 0 aliphatic heterocycles. The molecule has 82 valence electrons. The second-order valence-electron chi connectivity index (χ2n) is 4.72. The first-order valence-corrected chi connectivity index (χ1v) is 5.14. The van der Waals surface area contributed by atoms with Crippen molar-refractivity contribution in [2.45, 2.75) is 32.4 Å². The number of nitrogens with one attached hydrogen (secondary N) is 1. The maximum atomic E-state index is 12.6. The van der Waals surface area contributed by atoms with Crippen LogP contribution in [-0.2, 0) is 0 Å². The zero-order valence-corrected chi connectivity index (χ0v) is 9.00. The fraction of sp³-hybridized carbons (Fsp3) is 0.545. The van der Waals surface area contributed by atoms with E-state index >= 15 is 0 Å². The number of hydrogen-bond acceptors (Lipinski definition) is 3. The molecule has 0 amide bonds. The van der Waals surface area contributed by atoms with Gasteiger partial charge in [0.1, 0.15) is 11.6 Å². The van der Waals surface area contributed by atoms with Gasteiger partial charge in [-0.05, 0) is 18.6 Å². The smallest absolute Gasteiger partial charge is 0.141 e. The van der Waals surface area contributed by atoms with E-state index in [9.17, 15) is 4.39 Å². The summed E-state index contributed by atoms with van der Waals surface area (Å²) in [5.74, 6) is 0.395. The summed E-state index contributed by atoms with van der Waals surface area (Å²) in [4.78, 5) is 3.96. The molecule has 2 rings (SSSR count). The van der Waals surface area contributed by atoms with Gasteiger partial charge in [-0.25, -0.2) is 9.37 Å². The standard InChI is InChI=1S/C11H16FN3/c1-11(2)8(13)5-9(11)15-10-4-3-7(12)6-14-10/h3-4,6,8-9H,5,13H2,1-2H3,(H,14,15). The Bertz CT molecular complexity index is 347. The number of pyridine rings is 1. The van der Waals surface area contributed by atoms with Crippen molar-refractivity contribution in [3.63, 3.8) is 0 Å². The van der Waals surface area contributed by atoms with Crippen molar-refractivity contribution in [2.24, 2.45) is 11.1 Å². The highest BCUT2D eigenvalue weighted by atomic mass is 19.1. The molecular formula is C11H16FN3. The third kappa shape index (κ3) is 1.81. The van der Waals surface area contributed by atoms with Gasteiger partial charge in [-0.3, -0.25) is 0 Å². The summed E-state index contributed by atoms with van der Waals surface area (Å²) in [7, 11) is 0. The zero-order valence-electron chi connectivity index (χ0n) is 9.00. The highest BCUT2D eigenvalue weighted by Crippen LogP contribution is 2.40. The Morgan fingerprint density at radius 3 is 2.73 bits per heavy atom. The van der Waals surface area contributed by atoms with Crippen LogP contribution in [0.3, 0.4) is 0 Å². The van der Waals surface area contributed by atoms with Crippen molar-refractivity contribution in [1.82, 2.24) is 4.98 Å². The third-order valence-corrected chi connectivity index (χ3v) is 3.39. The van der Waals surface area contributed by atoms with E-state index in [4.69, 9.17) is 5.73 Å². The van der Waals surface area contributed by atoms with Gasteiger partial charge in [-0.15, -0.1) is 0 Å². The van der Waals surface area contributed by atoms with Crippen LogP contribution < -0.4 is 11.1 Å². The highest BCUT2D eigenvalue weighted by Gasteiger charge is 2.46. The fourth-order valence-corrected chi connectivity index (χ4v) is 1.84. The number of anilines is 1. The summed E-state index contributed by atoms with van der Waals surface area (Å²) in [6, 6.07) is 3.61. The monoisotopic (exact) mass is 209 g/mol. The SMILES string of the molecule is CC1(C)C(N)CC1Nc1ccc(F)cn1. The highest BCUT2D eigenvalue weighted by molar-refractivity contribution is 5.37. The molecule has 15 heavy (non-hydrogen) atoms. The lowest BCUT2D eigenvalue weighted by atomic mass is 9.63. The van der Waals surface area contributed by atoms with Crippen LogP contribution in [0.25, 0.3) is 0 Å². The van der Waals surface area contributed by atoms with Gasteiger partial charge >= 0.3 is 0 Å². The Labute approximate surface area is 88.9 Å². The van der Waals surface area contributed by atoms with Crippen LogP contribution in [0, 0.1) is 11.2 Å². The van der Waals surface area contributed by atoms with E-state index < -0.39 is 0 Å². The van der Waals surface area contributed by atoms with Crippen LogP contribution in [-0.4, -0.2) is 17.1 Å². The first-order valence-electron chi connectivity index (χ1n) is 5.14. The second kappa shape index (κ2) is 3.45. The summed E-state index contributed by atoms with van der Waals surface area (Å²) in [5, 5.41) is 3.27. The first kappa shape index (κ1) is 10.4. The van der Waals surface area contributed by atoms with Crippen molar-refractivity contribution in [1.29, 1.82) is 0 Å². The number of nitrogens with zero attached hydrogens (tertiary/aromatic N) is 1. The largest absolute Gasteiger partial charge is 0.367 e. The lowest BCUT2D eigenvalue weighted by Crippen LogP contribution is -2.61. The fourth-order valence-electron chi connectivity index (χ4n) is 1.84. The van der Waals surface area contributed by atoms with Crippen molar-refractivity contribution in [2.75, 3.05) is 5.32 Å². The summed E-state index contributed by atoms with van der Waals surface area (Å²) < 4.78 is 12.6. The van der Waals surface area contributed by atoms with Gasteiger partial charge in [0.25, 0.3) is 0 Å². The van der Waals surface area contributed by atoms with E-state index in [1.165, 1.54) is 12.3 Å². The summed E-state index contributed by atoms with van der Waals surface area (Å²) >= 11 is 0. The Morgan fingerprint density at radius 2 is 2.27 bits per heavy atom. The first-order chi connectivity index (χ1) is 7.00. The van der Waals surface area contributed by atoms with Crippen LogP contribution in [0.5, 0.6) is 0 Å². The predicted octanol–water partition coefficient (Wildman–Crippen LogP) is 1.76. The number of halogens is 1. The van der Waals surface area contributed by atoms with Gasteiger partial charge in [0.15, 0.2) is 0 Å². The zero-order chi connectivity index (χ0) is 11.1. The summed E-state index contributed by atoms with van der Waals surface area (Å²) in [6.07, 6.45) is 2.15. The normalized spacial score (nSPS) is 28.3. The minimum atomic E-state index is -0.315. The van der Waals surface area contributed by atoms with Gasteiger partial charge in [0.2, 0.25) is 0 Å². The molecule has 1 fully saturated rings. The molecule has 1 heterocycles. The van der Waals surface area contributed by atoms with Crippen LogP contribution in [0.4, 0.5) is 10.2 Å². The second-order valence-corrected chi connectivity index (χ2v) is 4.72. The average molecular weight is 209 g/mol. The van der Waals surface area contributed by atoms with Crippen LogP contribution in [0.2, 0.25) is 0 Å². The van der Waals surface area contributed by atoms with E-state index in [0.717, 1.165) is 6.42 Å². The lowest BCUT2D eigenvalue weighted by molar-refractivity contribution is 0.117. The average Bonchev–Trinajstić information content (AvgIpc) is 2.21. The number of aromatic nitrogens is 1. The summed E-state index contributed by atoms with van der Waals surface area (Å²) in [5.41, 5.74) is 5.98. The van der Waals surface area contributed by atoms with Crippen molar-refractivity contribution >= 4 is 5.82 Å². The molecule has 1 saturated carbocycles. The molecular weight excluding hydrogens is 193 g/mol. The van der Waals surface area contributed by atoms with Gasteiger partial charge in [-0.1, -0.05) is 13.8 Å². The number of rotatable bonds is 2. The van der Waals surface area contributed by atoms with Gasteiger partial charge in [0.05, 0.1) is 6.20 Å². The maximum Gasteiger partial charge on any atom is 0.141 e. The molecule has 3 nitrogen and oxygen atoms in total. The Balaban J connectivity index is 2.02. The molecule has 0 spiro atoms. The molecule has 1 aromatic rings. The van der Waals surface area contributed by atoms with Gasteiger partial charge in [0, 0.05) is 17.5 Å². The van der Waals surface area contributed by atoms with E-state index in [1.54, 1.807) is 6.07 Å². The molecule has 1 aliphatic rings. The Hall–Kier alpha value is -1.16. The lowest BCUT2D eigenvalue weighted by Gasteiger charge is -2.50. The Kier molecular flexibility index (Phi) is 2.38. The molecule has 0 saturated heterocycles. The maximum absolute atomic E-state index is 12.6. The molecule has 1 aromatic heterocycles. The molecule has 3 N–H and O–H groups in total. The van der Waals surface area contributed by atoms with E-state index in [1.807, 2.05) is 0 Å². The van der Waals surface area contributed by atoms with E-state index in [2.05, 4.69) is 24.1 Å². The minimum Gasteiger partial charge on any atom is -0.367 e. The minimum absolute atomic E-state index is 0.0794. The molecule has 0 aromatic carbocycles. The quantitative estimate of drug-likeness (QED) is 0.780. The van der Waals surface area contributed by atoms with Crippen molar-refractivity contribution < 1.29 is 4.39 Å². The van der Waals surface area contributed by atoms with E-state index in [0.29, 0.717) is 11.9 Å². The molecule has 4 heteroatoms. The summed E-state index contributed by atoms with van der Waals surface area (Å²) in [6.45, 7) is 4.25.